The average Bonchev–Trinajstić information content (AvgIpc) is 2.79. The lowest BCUT2D eigenvalue weighted by Crippen LogP contribution is -2.44. The van der Waals surface area contributed by atoms with Crippen LogP contribution in [0.25, 0.3) is 11.1 Å². The molecule has 0 amide bonds. The summed E-state index contributed by atoms with van der Waals surface area (Å²) in [7, 11) is 0. The topological polar surface area (TPSA) is 49.8 Å². The van der Waals surface area contributed by atoms with Crippen LogP contribution in [-0.2, 0) is 0 Å². The fourth-order valence-electron chi connectivity index (χ4n) is 4.01. The van der Waals surface area contributed by atoms with Crippen molar-refractivity contribution in [1.82, 2.24) is 4.90 Å². The van der Waals surface area contributed by atoms with E-state index in [2.05, 4.69) is 4.90 Å². The number of benzene rings is 2. The Morgan fingerprint density at radius 1 is 1.13 bits per heavy atom. The van der Waals surface area contributed by atoms with E-state index in [0.29, 0.717) is 48.8 Å². The molecule has 1 N–H and O–H groups in total. The van der Waals surface area contributed by atoms with Gasteiger partial charge in [-0.05, 0) is 74.5 Å². The molecule has 1 aliphatic heterocycles. The monoisotopic (exact) mass is 431 g/mol. The highest BCUT2D eigenvalue weighted by molar-refractivity contribution is 5.88. The molecular weight excluding hydrogens is 400 g/mol. The first-order valence-electron chi connectivity index (χ1n) is 11.0. The van der Waals surface area contributed by atoms with Gasteiger partial charge >= 0.3 is 5.97 Å². The van der Waals surface area contributed by atoms with Crippen molar-refractivity contribution in [2.24, 2.45) is 5.92 Å². The van der Waals surface area contributed by atoms with Crippen molar-refractivity contribution in [3.63, 3.8) is 0 Å². The summed E-state index contributed by atoms with van der Waals surface area (Å²) in [5, 5.41) is 8.96. The van der Waals surface area contributed by atoms with Gasteiger partial charge in [0.1, 0.15) is 17.2 Å². The minimum atomic E-state index is -1.15. The number of nitrogens with zero attached hydrogens (tertiary/aromatic N) is 1. The first-order valence-corrected chi connectivity index (χ1v) is 11.0. The number of hydrogen-bond acceptors (Lipinski definition) is 3. The minimum Gasteiger partial charge on any atom is -0.493 e. The maximum atomic E-state index is 14.6. The second kappa shape index (κ2) is 10.2. The van der Waals surface area contributed by atoms with Crippen LogP contribution < -0.4 is 4.74 Å². The number of carbonyl (C=O) groups is 1. The zero-order valence-electron chi connectivity index (χ0n) is 18.2. The molecule has 2 aromatic rings. The summed E-state index contributed by atoms with van der Waals surface area (Å²) in [4.78, 5) is 13.2. The Morgan fingerprint density at radius 2 is 1.77 bits per heavy atom. The van der Waals surface area contributed by atoms with Crippen LogP contribution in [0.15, 0.2) is 42.5 Å². The number of likely N-dealkylation sites (tertiary alicyclic amines) is 1. The van der Waals surface area contributed by atoms with Gasteiger partial charge in [-0.1, -0.05) is 32.0 Å². The third kappa shape index (κ3) is 6.03. The highest BCUT2D eigenvalue weighted by atomic mass is 19.1. The van der Waals surface area contributed by atoms with E-state index in [0.717, 1.165) is 32.0 Å². The third-order valence-electron chi connectivity index (χ3n) is 6.35. The summed E-state index contributed by atoms with van der Waals surface area (Å²) in [5.74, 6) is -0.564. The van der Waals surface area contributed by atoms with Crippen molar-refractivity contribution in [3.05, 3.63) is 53.8 Å². The molecule has 0 radical (unpaired) electrons. The van der Waals surface area contributed by atoms with Crippen LogP contribution in [0.2, 0.25) is 0 Å². The molecule has 0 atom stereocenters. The van der Waals surface area contributed by atoms with Crippen LogP contribution in [0, 0.1) is 11.7 Å². The van der Waals surface area contributed by atoms with Gasteiger partial charge in [-0.3, -0.25) is 0 Å². The molecule has 1 fully saturated rings. The summed E-state index contributed by atoms with van der Waals surface area (Å²) >= 11 is 0. The van der Waals surface area contributed by atoms with Crippen molar-refractivity contribution in [2.75, 3.05) is 26.2 Å². The molecule has 0 bridgehead atoms. The van der Waals surface area contributed by atoms with Crippen molar-refractivity contribution in [2.45, 2.75) is 45.2 Å². The molecule has 3 rings (SSSR count). The van der Waals surface area contributed by atoms with E-state index in [9.17, 15) is 13.6 Å². The van der Waals surface area contributed by atoms with E-state index in [1.807, 2.05) is 13.8 Å². The van der Waals surface area contributed by atoms with Crippen LogP contribution in [0.1, 0.15) is 49.9 Å². The Kier molecular flexibility index (Phi) is 7.65. The van der Waals surface area contributed by atoms with Gasteiger partial charge in [0.25, 0.3) is 0 Å². The lowest BCUT2D eigenvalue weighted by atomic mass is 9.94. The Morgan fingerprint density at radius 3 is 2.32 bits per heavy atom. The Labute approximate surface area is 182 Å². The van der Waals surface area contributed by atoms with Gasteiger partial charge in [0.15, 0.2) is 0 Å². The summed E-state index contributed by atoms with van der Waals surface area (Å²) in [6.07, 6.45) is 3.08. The molecule has 0 aliphatic carbocycles. The fraction of sp³-hybridized carbons (Fsp3) is 0.480. The van der Waals surface area contributed by atoms with E-state index >= 15 is 0 Å². The maximum Gasteiger partial charge on any atom is 0.335 e. The summed E-state index contributed by atoms with van der Waals surface area (Å²) < 4.78 is 34.8. The molecule has 6 heteroatoms. The number of piperidine rings is 1. The second-order valence-electron chi connectivity index (χ2n) is 8.41. The van der Waals surface area contributed by atoms with Gasteiger partial charge in [-0.25, -0.2) is 13.6 Å². The Bertz CT molecular complexity index is 873. The number of halogens is 2. The predicted molar refractivity (Wildman–Crippen MR) is 118 cm³/mol. The molecule has 31 heavy (non-hydrogen) atoms. The van der Waals surface area contributed by atoms with Gasteiger partial charge in [0.2, 0.25) is 0 Å². The molecule has 1 saturated heterocycles. The maximum absolute atomic E-state index is 14.6. The lowest BCUT2D eigenvalue weighted by molar-refractivity contribution is 0.0568. The van der Waals surface area contributed by atoms with E-state index in [-0.39, 0.29) is 5.56 Å². The van der Waals surface area contributed by atoms with Gasteiger partial charge in [0, 0.05) is 12.1 Å². The molecule has 0 aromatic heterocycles. The van der Waals surface area contributed by atoms with Crippen LogP contribution >= 0.6 is 0 Å². The largest absolute Gasteiger partial charge is 0.493 e. The van der Waals surface area contributed by atoms with Crippen LogP contribution in [-0.4, -0.2) is 47.9 Å². The standard InChI is InChI=1S/C25H31F2NO3/c1-3-25(27,4-2)17-28-13-11-18(12-14-28)16-31-21-8-5-19(6-9-21)22-10-7-20(24(29)30)15-23(22)26/h5-10,15,18H,3-4,11-14,16-17H2,1-2H3,(H,29,30). The third-order valence-corrected chi connectivity index (χ3v) is 6.35. The van der Waals surface area contributed by atoms with E-state index in [4.69, 9.17) is 9.84 Å². The van der Waals surface area contributed by atoms with Gasteiger partial charge in [0.05, 0.1) is 12.2 Å². The molecule has 1 heterocycles. The lowest BCUT2D eigenvalue weighted by Gasteiger charge is -2.36. The van der Waals surface area contributed by atoms with Crippen LogP contribution in [0.5, 0.6) is 5.75 Å². The van der Waals surface area contributed by atoms with Gasteiger partial charge in [-0.2, -0.15) is 0 Å². The normalized spacial score (nSPS) is 15.7. The Hall–Kier alpha value is -2.47. The summed E-state index contributed by atoms with van der Waals surface area (Å²) in [5.41, 5.74) is -0.143. The quantitative estimate of drug-likeness (QED) is 0.544. The van der Waals surface area contributed by atoms with E-state index < -0.39 is 17.5 Å². The fourth-order valence-corrected chi connectivity index (χ4v) is 4.01. The number of rotatable bonds is 9. The molecule has 0 unspecified atom stereocenters. The number of ether oxygens (including phenoxy) is 1. The average molecular weight is 432 g/mol. The number of hydrogen-bond donors (Lipinski definition) is 1. The molecular formula is C25H31F2NO3. The van der Waals surface area contributed by atoms with Crippen LogP contribution in [0.3, 0.4) is 0 Å². The molecule has 0 spiro atoms. The highest BCUT2D eigenvalue weighted by Crippen LogP contribution is 2.28. The van der Waals surface area contributed by atoms with E-state index in [1.54, 1.807) is 24.3 Å². The molecule has 2 aromatic carbocycles. The number of alkyl halides is 1. The molecule has 1 aliphatic rings. The second-order valence-corrected chi connectivity index (χ2v) is 8.41. The molecule has 4 nitrogen and oxygen atoms in total. The van der Waals surface area contributed by atoms with Crippen molar-refractivity contribution >= 4 is 5.97 Å². The number of aromatic carboxylic acids is 1. The zero-order chi connectivity index (χ0) is 22.4. The SMILES string of the molecule is CCC(F)(CC)CN1CCC(COc2ccc(-c3ccc(C(=O)O)cc3F)cc2)CC1. The van der Waals surface area contributed by atoms with Gasteiger partial charge < -0.3 is 14.7 Å². The van der Waals surface area contributed by atoms with Crippen LogP contribution in [0.4, 0.5) is 8.78 Å². The molecule has 168 valence electrons. The smallest absolute Gasteiger partial charge is 0.335 e. The summed E-state index contributed by atoms with van der Waals surface area (Å²) in [6, 6.07) is 11.0. The number of carboxylic acids is 1. The Balaban J connectivity index is 1.50. The predicted octanol–water partition coefficient (Wildman–Crippen LogP) is 5.81. The van der Waals surface area contributed by atoms with Crippen molar-refractivity contribution < 1.29 is 23.4 Å². The van der Waals surface area contributed by atoms with Crippen molar-refractivity contribution in [3.8, 4) is 16.9 Å². The number of carboxylic acid groups (broad SMARTS) is 1. The summed E-state index contributed by atoms with van der Waals surface area (Å²) in [6.45, 7) is 6.73. The van der Waals surface area contributed by atoms with E-state index in [1.165, 1.54) is 12.1 Å². The first-order chi connectivity index (χ1) is 14.8. The van der Waals surface area contributed by atoms with Crippen molar-refractivity contribution in [1.29, 1.82) is 0 Å². The molecule has 0 saturated carbocycles. The highest BCUT2D eigenvalue weighted by Gasteiger charge is 2.30. The zero-order valence-corrected chi connectivity index (χ0v) is 18.2. The first kappa shape index (κ1) is 23.2. The minimum absolute atomic E-state index is 0.0751. The van der Waals surface area contributed by atoms with Gasteiger partial charge in [-0.15, -0.1) is 0 Å².